The molecule has 0 spiro atoms. The van der Waals surface area contributed by atoms with E-state index in [4.69, 9.17) is 5.73 Å². The minimum absolute atomic E-state index is 0.241. The Morgan fingerprint density at radius 3 is 2.08 bits per heavy atom. The molecule has 0 unspecified atom stereocenters. The van der Waals surface area contributed by atoms with E-state index >= 15 is 0 Å². The predicted molar refractivity (Wildman–Crippen MR) is 56.1 cm³/mol. The summed E-state index contributed by atoms with van der Waals surface area (Å²) in [5, 5.41) is 0. The second kappa shape index (κ2) is 4.01. The highest BCUT2D eigenvalue weighted by Gasteiger charge is 2.30. The average molecular weight is 184 g/mol. The quantitative estimate of drug-likeness (QED) is 0.530. The Labute approximate surface area is 80.4 Å². The van der Waals surface area contributed by atoms with Gasteiger partial charge in [0, 0.05) is 18.0 Å². The first-order valence-electron chi connectivity index (χ1n) is 4.44. The molecule has 0 saturated heterocycles. The van der Waals surface area contributed by atoms with Crippen molar-refractivity contribution in [3.8, 4) is 0 Å². The summed E-state index contributed by atoms with van der Waals surface area (Å²) in [5.41, 5.74) is 5.96. The SMILES string of the molecule is CN=C(C=O)C(C)(C)CC(C)(C)N. The van der Waals surface area contributed by atoms with E-state index < -0.39 is 0 Å². The van der Waals surface area contributed by atoms with Crippen molar-refractivity contribution in [2.45, 2.75) is 39.7 Å². The summed E-state index contributed by atoms with van der Waals surface area (Å²) in [6, 6.07) is 0. The summed E-state index contributed by atoms with van der Waals surface area (Å²) in [7, 11) is 1.63. The Hall–Kier alpha value is -0.700. The first kappa shape index (κ1) is 12.3. The number of aldehydes is 1. The third kappa shape index (κ3) is 4.18. The van der Waals surface area contributed by atoms with Crippen LogP contribution in [0.5, 0.6) is 0 Å². The zero-order chi connectivity index (χ0) is 10.7. The molecular weight excluding hydrogens is 164 g/mol. The average Bonchev–Trinajstić information content (AvgIpc) is 1.83. The van der Waals surface area contributed by atoms with Gasteiger partial charge in [0.05, 0.1) is 5.71 Å². The van der Waals surface area contributed by atoms with Crippen LogP contribution in [-0.4, -0.2) is 24.6 Å². The van der Waals surface area contributed by atoms with Crippen molar-refractivity contribution in [3.63, 3.8) is 0 Å². The first-order chi connectivity index (χ1) is 5.73. The highest BCUT2D eigenvalue weighted by molar-refractivity contribution is 6.30. The van der Waals surface area contributed by atoms with Gasteiger partial charge in [-0.05, 0) is 20.3 Å². The molecule has 3 heteroatoms. The van der Waals surface area contributed by atoms with Crippen molar-refractivity contribution in [2.24, 2.45) is 16.1 Å². The fourth-order valence-electron chi connectivity index (χ4n) is 1.74. The Balaban J connectivity index is 4.66. The molecule has 0 aromatic rings. The van der Waals surface area contributed by atoms with Gasteiger partial charge in [0.1, 0.15) is 0 Å². The van der Waals surface area contributed by atoms with Gasteiger partial charge in [-0.3, -0.25) is 9.79 Å². The topological polar surface area (TPSA) is 55.5 Å². The molecular formula is C10H20N2O. The highest BCUT2D eigenvalue weighted by atomic mass is 16.1. The molecule has 0 aliphatic heterocycles. The van der Waals surface area contributed by atoms with Gasteiger partial charge >= 0.3 is 0 Å². The number of nitrogens with two attached hydrogens (primary N) is 1. The van der Waals surface area contributed by atoms with Crippen molar-refractivity contribution in [2.75, 3.05) is 7.05 Å². The van der Waals surface area contributed by atoms with Crippen molar-refractivity contribution >= 4 is 12.0 Å². The zero-order valence-corrected chi connectivity index (χ0v) is 9.22. The van der Waals surface area contributed by atoms with Crippen LogP contribution >= 0.6 is 0 Å². The number of carbonyl (C=O) groups is 1. The Morgan fingerprint density at radius 1 is 1.38 bits per heavy atom. The zero-order valence-electron chi connectivity index (χ0n) is 9.22. The van der Waals surface area contributed by atoms with Crippen LogP contribution < -0.4 is 5.73 Å². The van der Waals surface area contributed by atoms with Gasteiger partial charge < -0.3 is 5.73 Å². The molecule has 0 bridgehead atoms. The van der Waals surface area contributed by atoms with E-state index in [1.54, 1.807) is 7.05 Å². The van der Waals surface area contributed by atoms with E-state index in [0.29, 0.717) is 5.71 Å². The molecule has 0 aromatic heterocycles. The standard InChI is InChI=1S/C10H20N2O/c1-9(2,7-10(3,4)11)8(6-13)12-5/h6H,7,11H2,1-5H3. The molecule has 2 N–H and O–H groups in total. The lowest BCUT2D eigenvalue weighted by Gasteiger charge is -2.31. The minimum Gasteiger partial charge on any atom is -0.326 e. The van der Waals surface area contributed by atoms with Crippen LogP contribution in [0.1, 0.15) is 34.1 Å². The number of aliphatic imine (C=N–C) groups is 1. The number of rotatable bonds is 4. The largest absolute Gasteiger partial charge is 0.326 e. The normalized spacial score (nSPS) is 14.5. The molecule has 3 nitrogen and oxygen atoms in total. The molecule has 0 rings (SSSR count). The van der Waals surface area contributed by atoms with Gasteiger partial charge in [-0.1, -0.05) is 13.8 Å². The first-order valence-corrected chi connectivity index (χ1v) is 4.44. The summed E-state index contributed by atoms with van der Waals surface area (Å²) in [6.07, 6.45) is 1.55. The third-order valence-electron chi connectivity index (χ3n) is 1.94. The number of nitrogens with zero attached hydrogens (tertiary/aromatic N) is 1. The van der Waals surface area contributed by atoms with Crippen LogP contribution in [0.25, 0.3) is 0 Å². The molecule has 0 heterocycles. The van der Waals surface area contributed by atoms with Crippen LogP contribution in [0.2, 0.25) is 0 Å². The maximum absolute atomic E-state index is 10.7. The van der Waals surface area contributed by atoms with Crippen molar-refractivity contribution in [3.05, 3.63) is 0 Å². The molecule has 0 atom stereocenters. The summed E-state index contributed by atoms with van der Waals surface area (Å²) in [5.74, 6) is 0. The van der Waals surface area contributed by atoms with E-state index in [0.717, 1.165) is 12.7 Å². The Morgan fingerprint density at radius 2 is 1.85 bits per heavy atom. The highest BCUT2D eigenvalue weighted by Crippen LogP contribution is 2.27. The fourth-order valence-corrected chi connectivity index (χ4v) is 1.74. The van der Waals surface area contributed by atoms with Crippen LogP contribution in [0.15, 0.2) is 4.99 Å². The van der Waals surface area contributed by atoms with Gasteiger partial charge in [0.2, 0.25) is 0 Å². The number of hydrogen-bond donors (Lipinski definition) is 1. The lowest BCUT2D eigenvalue weighted by atomic mass is 9.77. The summed E-state index contributed by atoms with van der Waals surface area (Å²) < 4.78 is 0. The molecule has 0 fully saturated rings. The van der Waals surface area contributed by atoms with Gasteiger partial charge in [-0.15, -0.1) is 0 Å². The molecule has 0 aliphatic rings. The smallest absolute Gasteiger partial charge is 0.164 e. The van der Waals surface area contributed by atoms with Crippen LogP contribution in [0, 0.1) is 5.41 Å². The fraction of sp³-hybridized carbons (Fsp3) is 0.800. The van der Waals surface area contributed by atoms with Gasteiger partial charge in [0.25, 0.3) is 0 Å². The van der Waals surface area contributed by atoms with E-state index in [1.807, 2.05) is 27.7 Å². The monoisotopic (exact) mass is 184 g/mol. The van der Waals surface area contributed by atoms with Gasteiger partial charge in [-0.2, -0.15) is 0 Å². The third-order valence-corrected chi connectivity index (χ3v) is 1.94. The van der Waals surface area contributed by atoms with Crippen molar-refractivity contribution in [1.82, 2.24) is 0 Å². The van der Waals surface area contributed by atoms with Gasteiger partial charge in [-0.25, -0.2) is 0 Å². The molecule has 0 amide bonds. The molecule has 0 aromatic carbocycles. The Bertz CT molecular complexity index is 211. The predicted octanol–water partition coefficient (Wildman–Crippen LogP) is 1.41. The van der Waals surface area contributed by atoms with E-state index in [1.165, 1.54) is 0 Å². The molecule has 0 radical (unpaired) electrons. The summed E-state index contributed by atoms with van der Waals surface area (Å²) in [4.78, 5) is 14.7. The maximum atomic E-state index is 10.7. The van der Waals surface area contributed by atoms with Crippen molar-refractivity contribution < 1.29 is 4.79 Å². The lowest BCUT2D eigenvalue weighted by Crippen LogP contribution is -2.41. The van der Waals surface area contributed by atoms with Crippen LogP contribution in [0.4, 0.5) is 0 Å². The van der Waals surface area contributed by atoms with E-state index in [-0.39, 0.29) is 11.0 Å². The molecule has 76 valence electrons. The number of hydrogen-bond acceptors (Lipinski definition) is 3. The minimum atomic E-state index is -0.275. The maximum Gasteiger partial charge on any atom is 0.164 e. The van der Waals surface area contributed by atoms with E-state index in [2.05, 4.69) is 4.99 Å². The van der Waals surface area contributed by atoms with Crippen LogP contribution in [0.3, 0.4) is 0 Å². The number of carbonyl (C=O) groups excluding carboxylic acids is 1. The summed E-state index contributed by atoms with van der Waals surface area (Å²) in [6.45, 7) is 7.87. The van der Waals surface area contributed by atoms with E-state index in [9.17, 15) is 4.79 Å². The van der Waals surface area contributed by atoms with Crippen LogP contribution in [-0.2, 0) is 4.79 Å². The molecule has 0 aliphatic carbocycles. The van der Waals surface area contributed by atoms with Crippen molar-refractivity contribution in [1.29, 1.82) is 0 Å². The molecule has 13 heavy (non-hydrogen) atoms. The second-order valence-electron chi connectivity index (χ2n) is 4.78. The lowest BCUT2D eigenvalue weighted by molar-refractivity contribution is -0.103. The molecule has 0 saturated carbocycles. The summed E-state index contributed by atoms with van der Waals surface area (Å²) >= 11 is 0. The Kier molecular flexibility index (Phi) is 3.79. The van der Waals surface area contributed by atoms with Gasteiger partial charge in [0.15, 0.2) is 6.29 Å². The second-order valence-corrected chi connectivity index (χ2v) is 4.78.